The van der Waals surface area contributed by atoms with Gasteiger partial charge in [-0.3, -0.25) is 4.99 Å². The molecular weight excluding hydrogens is 324 g/mol. The van der Waals surface area contributed by atoms with Gasteiger partial charge in [0.15, 0.2) is 5.96 Å². The summed E-state index contributed by atoms with van der Waals surface area (Å²) in [7, 11) is 1.91. The van der Waals surface area contributed by atoms with Crippen LogP contribution in [0.3, 0.4) is 0 Å². The Hall–Kier alpha value is -1.75. The normalized spacial score (nSPS) is 33.5. The minimum Gasteiger partial charge on any atom is -0.374 e. The summed E-state index contributed by atoms with van der Waals surface area (Å²) >= 11 is 0. The fourth-order valence-electron chi connectivity index (χ4n) is 5.64. The van der Waals surface area contributed by atoms with Crippen LogP contribution in [0.5, 0.6) is 0 Å². The Morgan fingerprint density at radius 2 is 1.96 bits per heavy atom. The third-order valence-corrected chi connectivity index (χ3v) is 6.97. The second-order valence-electron chi connectivity index (χ2n) is 8.37. The molecule has 5 unspecified atom stereocenters. The van der Waals surface area contributed by atoms with Crippen LogP contribution >= 0.6 is 0 Å². The van der Waals surface area contributed by atoms with Crippen molar-refractivity contribution in [3.05, 3.63) is 29.8 Å². The molecule has 0 aliphatic carbocycles. The molecule has 1 aromatic carbocycles. The predicted octanol–water partition coefficient (Wildman–Crippen LogP) is 2.12. The molecule has 0 amide bonds. The highest BCUT2D eigenvalue weighted by Crippen LogP contribution is 2.47. The van der Waals surface area contributed by atoms with Gasteiger partial charge in [-0.1, -0.05) is 18.2 Å². The molecule has 26 heavy (non-hydrogen) atoms. The lowest BCUT2D eigenvalue weighted by Gasteiger charge is -2.30. The molecule has 5 nitrogen and oxygen atoms in total. The molecule has 5 heteroatoms. The van der Waals surface area contributed by atoms with E-state index in [1.54, 1.807) is 0 Å². The van der Waals surface area contributed by atoms with Gasteiger partial charge in [-0.05, 0) is 37.8 Å². The van der Waals surface area contributed by atoms with Gasteiger partial charge in [0.1, 0.15) is 0 Å². The van der Waals surface area contributed by atoms with Crippen molar-refractivity contribution >= 4 is 11.6 Å². The zero-order valence-corrected chi connectivity index (χ0v) is 15.9. The zero-order chi connectivity index (χ0) is 17.7. The van der Waals surface area contributed by atoms with Crippen molar-refractivity contribution in [1.82, 2.24) is 10.2 Å². The first-order valence-electron chi connectivity index (χ1n) is 10.2. The first-order valence-corrected chi connectivity index (χ1v) is 10.2. The van der Waals surface area contributed by atoms with E-state index in [0.29, 0.717) is 18.2 Å². The molecule has 5 atom stereocenters. The van der Waals surface area contributed by atoms with Gasteiger partial charge in [-0.15, -0.1) is 0 Å². The number of ether oxygens (including phenoxy) is 1. The molecule has 140 valence electrons. The van der Waals surface area contributed by atoms with E-state index in [9.17, 15) is 0 Å². The van der Waals surface area contributed by atoms with Crippen molar-refractivity contribution in [2.45, 2.75) is 44.4 Å². The highest BCUT2D eigenvalue weighted by Gasteiger charge is 2.53. The molecule has 1 N–H and O–H groups in total. The molecule has 0 saturated carbocycles. The number of nitrogens with one attached hydrogen (secondary N) is 1. The lowest BCUT2D eigenvalue weighted by atomic mass is 9.82. The number of fused-ring (bicyclic) bond motifs is 6. The van der Waals surface area contributed by atoms with Gasteiger partial charge in [0, 0.05) is 56.8 Å². The largest absolute Gasteiger partial charge is 0.374 e. The van der Waals surface area contributed by atoms with Crippen molar-refractivity contribution in [2.75, 3.05) is 38.1 Å². The Morgan fingerprint density at radius 1 is 1.23 bits per heavy atom. The third-order valence-electron chi connectivity index (χ3n) is 6.97. The Labute approximate surface area is 156 Å². The molecule has 3 fully saturated rings. The molecule has 4 aliphatic heterocycles. The van der Waals surface area contributed by atoms with Crippen LogP contribution in [-0.2, 0) is 11.2 Å². The molecule has 4 aliphatic rings. The number of likely N-dealkylation sites (tertiary alicyclic amines) is 1. The highest BCUT2D eigenvalue weighted by atomic mass is 16.5. The van der Waals surface area contributed by atoms with Crippen LogP contribution in [0.1, 0.15) is 25.3 Å². The Kier molecular flexibility index (Phi) is 4.07. The minimum absolute atomic E-state index is 0.456. The Bertz CT molecular complexity index is 687. The van der Waals surface area contributed by atoms with Gasteiger partial charge < -0.3 is 19.9 Å². The summed E-state index contributed by atoms with van der Waals surface area (Å²) in [6, 6.07) is 9.26. The van der Waals surface area contributed by atoms with Crippen molar-refractivity contribution in [2.24, 2.45) is 16.8 Å². The van der Waals surface area contributed by atoms with Crippen molar-refractivity contribution in [3.63, 3.8) is 0 Å². The summed E-state index contributed by atoms with van der Waals surface area (Å²) in [5.74, 6) is 2.50. The molecule has 0 spiro atoms. The van der Waals surface area contributed by atoms with E-state index in [4.69, 9.17) is 4.74 Å². The molecular formula is C21H30N4O. The topological polar surface area (TPSA) is 40.1 Å². The second-order valence-corrected chi connectivity index (χ2v) is 8.37. The average Bonchev–Trinajstić information content (AvgIpc) is 3.42. The Balaban J connectivity index is 1.20. The number of para-hydroxylation sites is 1. The van der Waals surface area contributed by atoms with Gasteiger partial charge in [-0.2, -0.15) is 0 Å². The summed E-state index contributed by atoms with van der Waals surface area (Å²) < 4.78 is 6.11. The number of nitrogens with zero attached hydrogens (tertiary/aromatic N) is 3. The fraction of sp³-hybridized carbons (Fsp3) is 0.667. The number of aliphatic imine (C=N–C) groups is 1. The van der Waals surface area contributed by atoms with E-state index in [1.807, 2.05) is 7.05 Å². The van der Waals surface area contributed by atoms with Crippen LogP contribution in [0.15, 0.2) is 29.3 Å². The number of hydrogen-bond acceptors (Lipinski definition) is 3. The summed E-state index contributed by atoms with van der Waals surface area (Å²) in [6.45, 7) is 6.57. The van der Waals surface area contributed by atoms with E-state index in [0.717, 1.165) is 50.4 Å². The molecule has 0 aromatic heterocycles. The number of anilines is 1. The second kappa shape index (κ2) is 6.45. The number of benzene rings is 1. The maximum absolute atomic E-state index is 6.11. The standard InChI is InChI=1S/C21H30N4O/c1-14(25-10-9-15-5-3-4-6-18(15)25)11-23-21(22-2)24-12-16-17(13-24)20-8-7-19(16)26-20/h3-6,14,16-17,19-20H,7-13H2,1-2H3,(H,22,23). The highest BCUT2D eigenvalue weighted by molar-refractivity contribution is 5.80. The van der Waals surface area contributed by atoms with Crippen LogP contribution in [0.4, 0.5) is 5.69 Å². The fourth-order valence-corrected chi connectivity index (χ4v) is 5.64. The van der Waals surface area contributed by atoms with Gasteiger partial charge in [0.05, 0.1) is 12.2 Å². The van der Waals surface area contributed by atoms with E-state index >= 15 is 0 Å². The maximum Gasteiger partial charge on any atom is 0.193 e. The predicted molar refractivity (Wildman–Crippen MR) is 105 cm³/mol. The first-order chi connectivity index (χ1) is 12.7. The molecule has 5 rings (SSSR count). The summed E-state index contributed by atoms with van der Waals surface area (Å²) in [4.78, 5) is 9.58. The number of rotatable bonds is 3. The third kappa shape index (κ3) is 2.59. The first kappa shape index (κ1) is 16.4. The van der Waals surface area contributed by atoms with Crippen LogP contribution in [-0.4, -0.2) is 62.3 Å². The summed E-state index contributed by atoms with van der Waals surface area (Å²) in [5.41, 5.74) is 2.88. The van der Waals surface area contributed by atoms with Crippen LogP contribution in [0.2, 0.25) is 0 Å². The minimum atomic E-state index is 0.456. The molecule has 0 radical (unpaired) electrons. The van der Waals surface area contributed by atoms with Crippen LogP contribution in [0, 0.1) is 11.8 Å². The van der Waals surface area contributed by atoms with Gasteiger partial charge in [0.25, 0.3) is 0 Å². The molecule has 4 heterocycles. The zero-order valence-electron chi connectivity index (χ0n) is 15.9. The van der Waals surface area contributed by atoms with E-state index in [2.05, 4.69) is 51.3 Å². The monoisotopic (exact) mass is 354 g/mol. The maximum atomic E-state index is 6.11. The van der Waals surface area contributed by atoms with Gasteiger partial charge >= 0.3 is 0 Å². The van der Waals surface area contributed by atoms with Crippen molar-refractivity contribution < 1.29 is 4.74 Å². The van der Waals surface area contributed by atoms with E-state index in [-0.39, 0.29) is 0 Å². The SMILES string of the molecule is CN=C(NCC(C)N1CCc2ccccc21)N1CC2C3CCC(O3)C2C1. The van der Waals surface area contributed by atoms with E-state index < -0.39 is 0 Å². The molecule has 1 aromatic rings. The van der Waals surface area contributed by atoms with Crippen molar-refractivity contribution in [3.8, 4) is 0 Å². The summed E-state index contributed by atoms with van der Waals surface area (Å²) in [5, 5.41) is 3.65. The van der Waals surface area contributed by atoms with Gasteiger partial charge in [-0.25, -0.2) is 0 Å². The lowest BCUT2D eigenvalue weighted by molar-refractivity contribution is 0.0767. The smallest absolute Gasteiger partial charge is 0.193 e. The number of hydrogen-bond donors (Lipinski definition) is 1. The molecule has 2 bridgehead atoms. The van der Waals surface area contributed by atoms with Crippen molar-refractivity contribution in [1.29, 1.82) is 0 Å². The van der Waals surface area contributed by atoms with Crippen LogP contribution in [0.25, 0.3) is 0 Å². The average molecular weight is 354 g/mol. The Morgan fingerprint density at radius 3 is 2.69 bits per heavy atom. The quantitative estimate of drug-likeness (QED) is 0.667. The van der Waals surface area contributed by atoms with Gasteiger partial charge in [0.2, 0.25) is 0 Å². The van der Waals surface area contributed by atoms with E-state index in [1.165, 1.54) is 24.1 Å². The lowest BCUT2D eigenvalue weighted by Crippen LogP contribution is -2.47. The number of guanidine groups is 1. The summed E-state index contributed by atoms with van der Waals surface area (Å²) in [6.07, 6.45) is 4.70. The van der Waals surface area contributed by atoms with Crippen LogP contribution < -0.4 is 10.2 Å². The molecule has 3 saturated heterocycles.